The summed E-state index contributed by atoms with van der Waals surface area (Å²) in [7, 11) is -2.71. The molecule has 0 heterocycles. The van der Waals surface area contributed by atoms with Crippen molar-refractivity contribution in [1.29, 1.82) is 0 Å². The first-order valence-corrected chi connectivity index (χ1v) is 5.85. The van der Waals surface area contributed by atoms with Gasteiger partial charge in [-0.05, 0) is 11.5 Å². The normalized spacial score (nSPS) is 13.4. The van der Waals surface area contributed by atoms with Crippen molar-refractivity contribution in [2.45, 2.75) is 24.1 Å². The number of benzene rings is 1. The maximum atomic E-state index is 13.1. The molecule has 0 aliphatic rings. The number of alkyl halides is 9. The third-order valence-electron chi connectivity index (χ3n) is 3.09. The van der Waals surface area contributed by atoms with Gasteiger partial charge in [-0.1, -0.05) is 12.1 Å². The van der Waals surface area contributed by atoms with E-state index in [-0.39, 0.29) is 46.5 Å². The van der Waals surface area contributed by atoms with Gasteiger partial charge in [0.2, 0.25) is 0 Å². The number of hydrogen-bond acceptors (Lipinski definition) is 3. The molecule has 139 valence electrons. The third-order valence-corrected chi connectivity index (χ3v) is 3.09. The van der Waals surface area contributed by atoms with Crippen LogP contribution >= 0.6 is 0 Å². The SMILES string of the molecule is COC(c1cc(B(O)O)cc(C(F)(F)F)c1)(C(F)(F)F)C(F)(F)F.[Tl]. The van der Waals surface area contributed by atoms with Gasteiger partial charge < -0.3 is 14.8 Å². The number of ether oxygens (including phenoxy) is 1. The Bertz CT molecular complexity index is 584. The fraction of sp³-hybridized carbons (Fsp3) is 0.455. The molecular formula is C11H8BF9O3Tl. The monoisotopic (exact) mass is 575 g/mol. The molecule has 0 aliphatic heterocycles. The van der Waals surface area contributed by atoms with Crippen molar-refractivity contribution in [3.05, 3.63) is 29.3 Å². The quantitative estimate of drug-likeness (QED) is 0.429. The average molecular weight is 574 g/mol. The Morgan fingerprint density at radius 3 is 1.48 bits per heavy atom. The van der Waals surface area contributed by atoms with Crippen LogP contribution in [-0.4, -0.2) is 63.9 Å². The molecule has 0 aliphatic carbocycles. The van der Waals surface area contributed by atoms with Crippen LogP contribution in [0.15, 0.2) is 18.2 Å². The van der Waals surface area contributed by atoms with Crippen LogP contribution in [0.25, 0.3) is 0 Å². The summed E-state index contributed by atoms with van der Waals surface area (Å²) in [6, 6.07) is -0.456. The minimum atomic E-state index is -6.18. The smallest absolute Gasteiger partial charge is 0.423 e. The van der Waals surface area contributed by atoms with Crippen LogP contribution in [0, 0.1) is 0 Å². The molecule has 0 unspecified atom stereocenters. The summed E-state index contributed by atoms with van der Waals surface area (Å²) < 4.78 is 120. The number of rotatable bonds is 3. The van der Waals surface area contributed by atoms with Gasteiger partial charge in [0, 0.05) is 40.0 Å². The Hall–Kier alpha value is -0.543. The van der Waals surface area contributed by atoms with Crippen LogP contribution in [0.4, 0.5) is 39.5 Å². The molecule has 0 saturated heterocycles. The summed E-state index contributed by atoms with van der Waals surface area (Å²) in [5, 5.41) is 17.7. The van der Waals surface area contributed by atoms with Crippen molar-refractivity contribution in [2.75, 3.05) is 7.11 Å². The largest absolute Gasteiger partial charge is 0.488 e. The van der Waals surface area contributed by atoms with E-state index in [0.717, 1.165) is 0 Å². The first kappa shape index (κ1) is 24.5. The van der Waals surface area contributed by atoms with E-state index in [2.05, 4.69) is 4.74 Å². The molecule has 0 fully saturated rings. The second-order valence-electron chi connectivity index (χ2n) is 4.60. The van der Waals surface area contributed by atoms with Gasteiger partial charge in [0.05, 0.1) is 5.56 Å². The summed E-state index contributed by atoms with van der Waals surface area (Å²) >= 11 is 0. The van der Waals surface area contributed by atoms with Gasteiger partial charge in [-0.3, -0.25) is 0 Å². The molecule has 0 bridgehead atoms. The Labute approximate surface area is 155 Å². The molecule has 14 heteroatoms. The average Bonchev–Trinajstić information content (AvgIpc) is 2.35. The molecule has 25 heavy (non-hydrogen) atoms. The molecule has 1 aromatic rings. The van der Waals surface area contributed by atoms with E-state index in [0.29, 0.717) is 0 Å². The van der Waals surface area contributed by atoms with Gasteiger partial charge in [-0.2, -0.15) is 39.5 Å². The van der Waals surface area contributed by atoms with Crippen LogP contribution < -0.4 is 5.46 Å². The summed E-state index contributed by atoms with van der Waals surface area (Å²) in [6.07, 6.45) is -17.7. The van der Waals surface area contributed by atoms with Gasteiger partial charge in [0.1, 0.15) is 0 Å². The van der Waals surface area contributed by atoms with Crippen molar-refractivity contribution in [3.63, 3.8) is 0 Å². The Morgan fingerprint density at radius 1 is 0.800 bits per heavy atom. The minimum Gasteiger partial charge on any atom is -0.423 e. The Balaban J connectivity index is 0.00000576. The zero-order valence-corrected chi connectivity index (χ0v) is 16.6. The molecule has 0 spiro atoms. The van der Waals surface area contributed by atoms with Crippen LogP contribution in [0.3, 0.4) is 0 Å². The maximum Gasteiger partial charge on any atom is 0.488 e. The molecule has 2 N–H and O–H groups in total. The molecule has 3 nitrogen and oxygen atoms in total. The van der Waals surface area contributed by atoms with E-state index in [1.165, 1.54) is 0 Å². The van der Waals surface area contributed by atoms with E-state index in [9.17, 15) is 39.5 Å². The van der Waals surface area contributed by atoms with Gasteiger partial charge in [0.25, 0.3) is 5.60 Å². The van der Waals surface area contributed by atoms with Crippen molar-refractivity contribution >= 4 is 39.9 Å². The zero-order chi connectivity index (χ0) is 19.1. The van der Waals surface area contributed by atoms with Crippen molar-refractivity contribution in [1.82, 2.24) is 0 Å². The number of halogens is 9. The van der Waals surface area contributed by atoms with Gasteiger partial charge in [0.15, 0.2) is 0 Å². The molecule has 0 amide bonds. The first-order chi connectivity index (χ1) is 10.6. The predicted octanol–water partition coefficient (Wildman–Crippen LogP) is 1.97. The fourth-order valence-corrected chi connectivity index (χ4v) is 2.00. The summed E-state index contributed by atoms with van der Waals surface area (Å²) in [6.45, 7) is 0. The Morgan fingerprint density at radius 2 is 1.20 bits per heavy atom. The summed E-state index contributed by atoms with van der Waals surface area (Å²) in [5.41, 5.74) is -10.2. The topological polar surface area (TPSA) is 49.7 Å². The van der Waals surface area contributed by atoms with E-state index in [1.807, 2.05) is 0 Å². The van der Waals surface area contributed by atoms with Gasteiger partial charge in [-0.15, -0.1) is 0 Å². The second kappa shape index (κ2) is 7.60. The molecule has 0 atom stereocenters. The predicted molar refractivity (Wildman–Crippen MR) is 67.8 cm³/mol. The van der Waals surface area contributed by atoms with Crippen molar-refractivity contribution in [2.24, 2.45) is 0 Å². The second-order valence-corrected chi connectivity index (χ2v) is 4.60. The zero-order valence-electron chi connectivity index (χ0n) is 12.1. The minimum absolute atomic E-state index is 0. The van der Waals surface area contributed by atoms with Gasteiger partial charge >= 0.3 is 25.6 Å². The van der Waals surface area contributed by atoms with Crippen molar-refractivity contribution < 1.29 is 54.3 Å². The Kier molecular flexibility index (Phi) is 7.43. The van der Waals surface area contributed by atoms with Gasteiger partial charge in [-0.25, -0.2) is 0 Å². The van der Waals surface area contributed by atoms with Crippen LogP contribution in [-0.2, 0) is 16.5 Å². The van der Waals surface area contributed by atoms with Crippen LogP contribution in [0.5, 0.6) is 0 Å². The number of methoxy groups -OCH3 is 1. The molecular weight excluding hydrogens is 566 g/mol. The van der Waals surface area contributed by atoms with Crippen LogP contribution in [0.2, 0.25) is 0 Å². The molecule has 0 aromatic heterocycles. The fourth-order valence-electron chi connectivity index (χ4n) is 2.00. The van der Waals surface area contributed by atoms with E-state index >= 15 is 0 Å². The maximum absolute atomic E-state index is 13.1. The number of hydrogen-bond donors (Lipinski definition) is 2. The van der Waals surface area contributed by atoms with Crippen LogP contribution in [0.1, 0.15) is 11.1 Å². The first-order valence-electron chi connectivity index (χ1n) is 5.85. The molecule has 1 radical (unpaired) electrons. The third kappa shape index (κ3) is 4.60. The standard InChI is InChI=1S/C11H8BF9O3.Tl/c1-24-8(10(16,17)18,11(19,20)21)5-2-6(9(13,14)15)4-7(3-5)12(22)23;/h2-4,22-23H,1H3;. The summed E-state index contributed by atoms with van der Waals surface area (Å²) in [5.74, 6) is 0. The van der Waals surface area contributed by atoms with E-state index in [4.69, 9.17) is 10.0 Å². The molecule has 1 rings (SSSR count). The molecule has 0 saturated carbocycles. The summed E-state index contributed by atoms with van der Waals surface area (Å²) in [4.78, 5) is 0. The van der Waals surface area contributed by atoms with Crippen molar-refractivity contribution in [3.8, 4) is 0 Å². The van der Waals surface area contributed by atoms with E-state index < -0.39 is 53.9 Å². The van der Waals surface area contributed by atoms with E-state index in [1.54, 1.807) is 0 Å². The molecule has 1 aromatic carbocycles.